The number of carboxylic acid groups (broad SMARTS) is 1. The summed E-state index contributed by atoms with van der Waals surface area (Å²) in [6, 6.07) is 21.3. The fourth-order valence-electron chi connectivity index (χ4n) is 6.21. The number of hydrogen-bond donors (Lipinski definition) is 2. The molecular formula is C26H19NO5. The Bertz CT molecular complexity index is 1260. The molecule has 0 unspecified atom stereocenters. The summed E-state index contributed by atoms with van der Waals surface area (Å²) in [4.78, 5) is 40.0. The topological polar surface area (TPSA) is 94.9 Å². The van der Waals surface area contributed by atoms with E-state index in [-0.39, 0.29) is 29.9 Å². The highest BCUT2D eigenvalue weighted by atomic mass is 16.4. The molecule has 2 atom stereocenters. The molecule has 1 aliphatic heterocycles. The normalized spacial score (nSPS) is 27.2. The van der Waals surface area contributed by atoms with E-state index in [1.165, 1.54) is 29.2 Å². The molecule has 3 aliphatic carbocycles. The number of aliphatic hydroxyl groups is 1. The Kier molecular flexibility index (Phi) is 3.77. The number of benzene rings is 3. The third-order valence-corrected chi connectivity index (χ3v) is 7.42. The molecular weight excluding hydrogens is 406 g/mol. The fourth-order valence-corrected chi connectivity index (χ4v) is 6.21. The molecule has 0 spiro atoms. The van der Waals surface area contributed by atoms with Crippen molar-refractivity contribution in [2.24, 2.45) is 11.8 Å². The van der Waals surface area contributed by atoms with Crippen molar-refractivity contribution in [2.45, 2.75) is 11.3 Å². The number of carboxylic acids is 1. The van der Waals surface area contributed by atoms with Crippen molar-refractivity contribution in [1.29, 1.82) is 0 Å². The van der Waals surface area contributed by atoms with E-state index in [4.69, 9.17) is 0 Å². The summed E-state index contributed by atoms with van der Waals surface area (Å²) < 4.78 is 0. The first-order valence-electron chi connectivity index (χ1n) is 10.5. The van der Waals surface area contributed by atoms with Gasteiger partial charge in [-0.1, -0.05) is 48.5 Å². The molecule has 0 aromatic heterocycles. The van der Waals surface area contributed by atoms with E-state index in [1.807, 2.05) is 48.5 Å². The summed E-state index contributed by atoms with van der Waals surface area (Å²) in [5, 5.41) is 20.0. The van der Waals surface area contributed by atoms with Gasteiger partial charge in [-0.15, -0.1) is 0 Å². The van der Waals surface area contributed by atoms with Gasteiger partial charge in [0.2, 0.25) is 11.8 Å². The standard InChI is InChI=1S/C26H19NO5/c28-13-26-18-7-3-1-5-16(18)20(17-6-2-4-8-19(17)26)21-22(26)24(30)27(23(21)29)15-11-9-14(10-12-15)25(31)32/h1-12,20-22,28H,13H2,(H,31,32)/t20?,21-,22-,26?/m0/s1. The van der Waals surface area contributed by atoms with Gasteiger partial charge in [0.1, 0.15) is 0 Å². The van der Waals surface area contributed by atoms with E-state index < -0.39 is 23.2 Å². The fraction of sp³-hybridized carbons (Fsp3) is 0.192. The Morgan fingerprint density at radius 1 is 0.844 bits per heavy atom. The molecule has 158 valence electrons. The molecule has 3 aromatic carbocycles. The highest BCUT2D eigenvalue weighted by Crippen LogP contribution is 2.64. The molecule has 2 amide bonds. The zero-order chi connectivity index (χ0) is 22.2. The Labute approximate surface area is 183 Å². The lowest BCUT2D eigenvalue weighted by molar-refractivity contribution is -0.124. The largest absolute Gasteiger partial charge is 0.478 e. The number of amides is 2. The Morgan fingerprint density at radius 2 is 1.41 bits per heavy atom. The van der Waals surface area contributed by atoms with Gasteiger partial charge in [0, 0.05) is 5.92 Å². The maximum absolute atomic E-state index is 13.8. The number of hydrogen-bond acceptors (Lipinski definition) is 4. The molecule has 2 N–H and O–H groups in total. The van der Waals surface area contributed by atoms with Gasteiger partial charge in [0.15, 0.2) is 0 Å². The number of rotatable bonds is 3. The molecule has 0 saturated carbocycles. The lowest BCUT2D eigenvalue weighted by Gasteiger charge is -2.53. The van der Waals surface area contributed by atoms with Crippen LogP contribution in [0.4, 0.5) is 5.69 Å². The number of aliphatic hydroxyl groups excluding tert-OH is 1. The zero-order valence-corrected chi connectivity index (χ0v) is 16.9. The summed E-state index contributed by atoms with van der Waals surface area (Å²) in [7, 11) is 0. The predicted molar refractivity (Wildman–Crippen MR) is 115 cm³/mol. The number of carbonyl (C=O) groups is 3. The van der Waals surface area contributed by atoms with E-state index in [9.17, 15) is 24.6 Å². The molecule has 6 heteroatoms. The lowest BCUT2D eigenvalue weighted by atomic mass is 9.47. The van der Waals surface area contributed by atoms with Gasteiger partial charge in [0.25, 0.3) is 0 Å². The Balaban J connectivity index is 1.58. The minimum Gasteiger partial charge on any atom is -0.478 e. The molecule has 4 aliphatic rings. The van der Waals surface area contributed by atoms with Crippen LogP contribution in [0.5, 0.6) is 0 Å². The monoisotopic (exact) mass is 425 g/mol. The Morgan fingerprint density at radius 3 is 1.94 bits per heavy atom. The van der Waals surface area contributed by atoms with Crippen molar-refractivity contribution >= 4 is 23.5 Å². The molecule has 1 fully saturated rings. The van der Waals surface area contributed by atoms with Gasteiger partial charge in [-0.3, -0.25) is 9.59 Å². The van der Waals surface area contributed by atoms with Crippen LogP contribution in [0.2, 0.25) is 0 Å². The SMILES string of the molecule is O=C(O)c1ccc(N2C(=O)[C@@H]3[C@@H](C2=O)C2c4ccccc4C3(CO)c3ccccc32)cc1. The predicted octanol–water partition coefficient (Wildman–Crippen LogP) is 2.93. The van der Waals surface area contributed by atoms with E-state index in [1.54, 1.807) is 0 Å². The lowest BCUT2D eigenvalue weighted by Crippen LogP contribution is -2.55. The summed E-state index contributed by atoms with van der Waals surface area (Å²) in [5.74, 6) is -3.37. The van der Waals surface area contributed by atoms with E-state index in [2.05, 4.69) is 0 Å². The third-order valence-electron chi connectivity index (χ3n) is 7.42. The van der Waals surface area contributed by atoms with Gasteiger partial charge in [0.05, 0.1) is 35.1 Å². The van der Waals surface area contributed by atoms with Gasteiger partial charge in [-0.25, -0.2) is 9.69 Å². The molecule has 32 heavy (non-hydrogen) atoms. The van der Waals surface area contributed by atoms with Gasteiger partial charge >= 0.3 is 5.97 Å². The zero-order valence-electron chi connectivity index (χ0n) is 16.9. The van der Waals surface area contributed by atoms with Crippen LogP contribution in [-0.4, -0.2) is 34.6 Å². The average molecular weight is 425 g/mol. The summed E-state index contributed by atoms with van der Waals surface area (Å²) in [5.41, 5.74) is 3.18. The van der Waals surface area contributed by atoms with Crippen LogP contribution >= 0.6 is 0 Å². The van der Waals surface area contributed by atoms with Crippen LogP contribution in [0, 0.1) is 11.8 Å². The summed E-state index contributed by atoms with van der Waals surface area (Å²) in [6.07, 6.45) is 0. The first-order valence-corrected chi connectivity index (χ1v) is 10.5. The van der Waals surface area contributed by atoms with Crippen molar-refractivity contribution in [3.8, 4) is 0 Å². The van der Waals surface area contributed by atoms with Crippen LogP contribution in [0.15, 0.2) is 72.8 Å². The molecule has 3 aromatic rings. The van der Waals surface area contributed by atoms with Gasteiger partial charge in [-0.2, -0.15) is 0 Å². The molecule has 7 rings (SSSR count). The van der Waals surface area contributed by atoms with Crippen LogP contribution in [-0.2, 0) is 15.0 Å². The number of carbonyl (C=O) groups excluding carboxylic acids is 2. The van der Waals surface area contributed by atoms with Gasteiger partial charge < -0.3 is 10.2 Å². The summed E-state index contributed by atoms with van der Waals surface area (Å²) >= 11 is 0. The second-order valence-electron chi connectivity index (χ2n) is 8.65. The quantitative estimate of drug-likeness (QED) is 0.630. The number of anilines is 1. The highest BCUT2D eigenvalue weighted by molar-refractivity contribution is 6.23. The molecule has 1 heterocycles. The molecule has 2 bridgehead atoms. The third kappa shape index (κ3) is 2.10. The molecule has 0 radical (unpaired) electrons. The maximum Gasteiger partial charge on any atom is 0.335 e. The minimum absolute atomic E-state index is 0.0805. The van der Waals surface area contributed by atoms with Crippen LogP contribution in [0.1, 0.15) is 38.5 Å². The maximum atomic E-state index is 13.8. The van der Waals surface area contributed by atoms with Gasteiger partial charge in [-0.05, 0) is 46.5 Å². The number of imide groups is 1. The van der Waals surface area contributed by atoms with Crippen LogP contribution in [0.3, 0.4) is 0 Å². The first-order chi connectivity index (χ1) is 15.5. The van der Waals surface area contributed by atoms with Crippen molar-refractivity contribution in [1.82, 2.24) is 0 Å². The summed E-state index contributed by atoms with van der Waals surface area (Å²) in [6.45, 7) is -0.292. The molecule has 1 saturated heterocycles. The van der Waals surface area contributed by atoms with Crippen molar-refractivity contribution in [3.05, 3.63) is 101 Å². The van der Waals surface area contributed by atoms with E-state index >= 15 is 0 Å². The molecule has 6 nitrogen and oxygen atoms in total. The number of aromatic carboxylic acids is 1. The highest BCUT2D eigenvalue weighted by Gasteiger charge is 2.68. The van der Waals surface area contributed by atoms with Crippen molar-refractivity contribution in [3.63, 3.8) is 0 Å². The Hall–Kier alpha value is -3.77. The van der Waals surface area contributed by atoms with Crippen LogP contribution < -0.4 is 4.90 Å². The van der Waals surface area contributed by atoms with Crippen LogP contribution in [0.25, 0.3) is 0 Å². The average Bonchev–Trinajstić information content (AvgIpc) is 3.10. The second kappa shape index (κ2) is 6.37. The van der Waals surface area contributed by atoms with E-state index in [0.29, 0.717) is 5.69 Å². The van der Waals surface area contributed by atoms with Crippen molar-refractivity contribution < 1.29 is 24.6 Å². The smallest absolute Gasteiger partial charge is 0.335 e. The second-order valence-corrected chi connectivity index (χ2v) is 8.65. The number of nitrogens with zero attached hydrogens (tertiary/aromatic N) is 1. The first kappa shape index (κ1) is 19.0. The van der Waals surface area contributed by atoms with Crippen molar-refractivity contribution in [2.75, 3.05) is 11.5 Å². The van der Waals surface area contributed by atoms with E-state index in [0.717, 1.165) is 22.3 Å². The minimum atomic E-state index is -1.08.